The van der Waals surface area contributed by atoms with Crippen LogP contribution in [0.4, 0.5) is 5.69 Å². The number of methoxy groups -OCH3 is 1. The van der Waals surface area contributed by atoms with Gasteiger partial charge in [-0.2, -0.15) is 0 Å². The van der Waals surface area contributed by atoms with Crippen LogP contribution in [0.1, 0.15) is 31.2 Å². The second-order valence-corrected chi connectivity index (χ2v) is 9.95. The van der Waals surface area contributed by atoms with Crippen molar-refractivity contribution in [2.24, 2.45) is 0 Å². The monoisotopic (exact) mass is 459 g/mol. The average Bonchev–Trinajstić information content (AvgIpc) is 2.81. The lowest BCUT2D eigenvalue weighted by molar-refractivity contribution is -0.119. The highest BCUT2D eigenvalue weighted by Gasteiger charge is 2.27. The molecule has 0 unspecified atom stereocenters. The Morgan fingerprint density at radius 2 is 1.81 bits per heavy atom. The molecule has 0 saturated carbocycles. The average molecular weight is 460 g/mol. The van der Waals surface area contributed by atoms with E-state index in [0.717, 1.165) is 30.4 Å². The number of hydrogen-bond donors (Lipinski definition) is 1. The maximum atomic E-state index is 13.5. The van der Waals surface area contributed by atoms with Crippen LogP contribution in [0.2, 0.25) is 0 Å². The third-order valence-corrected chi connectivity index (χ3v) is 7.48. The van der Waals surface area contributed by atoms with E-state index in [2.05, 4.69) is 10.2 Å². The number of ether oxygens (including phenoxy) is 1. The number of sulfonamides is 1. The first-order valence-corrected chi connectivity index (χ1v) is 12.6. The van der Waals surface area contributed by atoms with Crippen molar-refractivity contribution in [2.75, 3.05) is 44.1 Å². The lowest BCUT2D eigenvalue weighted by Gasteiger charge is -2.26. The smallest absolute Gasteiger partial charge is 0.264 e. The summed E-state index contributed by atoms with van der Waals surface area (Å²) in [4.78, 5) is 15.2. The Hall–Kier alpha value is -2.58. The number of aryl methyl sites for hydroxylation is 1. The maximum Gasteiger partial charge on any atom is 0.264 e. The second kappa shape index (κ2) is 11.3. The number of nitrogens with zero attached hydrogens (tertiary/aromatic N) is 2. The molecule has 1 fully saturated rings. The molecule has 1 heterocycles. The van der Waals surface area contributed by atoms with Crippen LogP contribution in [0.5, 0.6) is 5.75 Å². The largest absolute Gasteiger partial charge is 0.496 e. The highest BCUT2D eigenvalue weighted by Crippen LogP contribution is 2.27. The lowest BCUT2D eigenvalue weighted by Crippen LogP contribution is -2.41. The minimum absolute atomic E-state index is 0.123. The first kappa shape index (κ1) is 24.1. The molecule has 0 spiro atoms. The van der Waals surface area contributed by atoms with Crippen LogP contribution in [-0.2, 0) is 14.8 Å². The van der Waals surface area contributed by atoms with Crippen LogP contribution in [0, 0.1) is 6.92 Å². The van der Waals surface area contributed by atoms with Gasteiger partial charge in [0.15, 0.2) is 0 Å². The summed E-state index contributed by atoms with van der Waals surface area (Å²) in [5.41, 5.74) is 1.16. The number of benzene rings is 2. The number of nitrogens with one attached hydrogen (secondary N) is 1. The van der Waals surface area contributed by atoms with Crippen LogP contribution in [0.3, 0.4) is 0 Å². The zero-order valence-corrected chi connectivity index (χ0v) is 19.7. The summed E-state index contributed by atoms with van der Waals surface area (Å²) in [5.74, 6) is 0.294. The summed E-state index contributed by atoms with van der Waals surface area (Å²) < 4.78 is 33.3. The first-order valence-electron chi connectivity index (χ1n) is 11.1. The Labute approximate surface area is 191 Å². The van der Waals surface area contributed by atoms with Crippen LogP contribution in [0.15, 0.2) is 53.4 Å². The molecule has 1 aliphatic rings. The summed E-state index contributed by atoms with van der Waals surface area (Å²) >= 11 is 0. The van der Waals surface area contributed by atoms with Gasteiger partial charge in [0.1, 0.15) is 12.3 Å². The fourth-order valence-electron chi connectivity index (χ4n) is 3.95. The van der Waals surface area contributed by atoms with E-state index in [0.29, 0.717) is 23.5 Å². The molecule has 0 atom stereocenters. The normalized spacial score (nSPS) is 14.7. The number of para-hydroxylation sites is 1. The molecule has 2 aromatic rings. The van der Waals surface area contributed by atoms with Gasteiger partial charge in [0.05, 0.1) is 17.7 Å². The van der Waals surface area contributed by atoms with E-state index >= 15 is 0 Å². The van der Waals surface area contributed by atoms with Gasteiger partial charge in [-0.05, 0) is 81.7 Å². The Bertz CT molecular complexity index is 990. The predicted molar refractivity (Wildman–Crippen MR) is 127 cm³/mol. The molecule has 8 heteroatoms. The maximum absolute atomic E-state index is 13.5. The summed E-state index contributed by atoms with van der Waals surface area (Å²) in [5, 5.41) is 2.88. The van der Waals surface area contributed by atoms with Crippen LogP contribution in [-0.4, -0.2) is 59.1 Å². The SMILES string of the molecule is COc1ccc(S(=O)(=O)N(CC(=O)NCCCN2CCCCC2)c2ccccc2)cc1C. The summed E-state index contributed by atoms with van der Waals surface area (Å²) in [7, 11) is -2.39. The van der Waals surface area contributed by atoms with Crippen molar-refractivity contribution in [3.05, 3.63) is 54.1 Å². The molecule has 7 nitrogen and oxygen atoms in total. The van der Waals surface area contributed by atoms with Crippen molar-refractivity contribution in [2.45, 2.75) is 37.5 Å². The van der Waals surface area contributed by atoms with Crippen LogP contribution < -0.4 is 14.4 Å². The number of carbonyl (C=O) groups excluding carboxylic acids is 1. The fourth-order valence-corrected chi connectivity index (χ4v) is 5.45. The van der Waals surface area contributed by atoms with Gasteiger partial charge in [-0.1, -0.05) is 24.6 Å². The fraction of sp³-hybridized carbons (Fsp3) is 0.458. The van der Waals surface area contributed by atoms with Gasteiger partial charge < -0.3 is 15.0 Å². The highest BCUT2D eigenvalue weighted by atomic mass is 32.2. The quantitative estimate of drug-likeness (QED) is 0.552. The van der Waals surface area contributed by atoms with E-state index in [1.54, 1.807) is 50.4 Å². The molecule has 1 N–H and O–H groups in total. The molecule has 0 bridgehead atoms. The third-order valence-electron chi connectivity index (χ3n) is 5.71. The van der Waals surface area contributed by atoms with E-state index in [-0.39, 0.29) is 17.3 Å². The first-order chi connectivity index (χ1) is 15.4. The highest BCUT2D eigenvalue weighted by molar-refractivity contribution is 7.92. The topological polar surface area (TPSA) is 79.0 Å². The number of anilines is 1. The standard InChI is InChI=1S/C24H33N3O4S/c1-20-18-22(12-13-23(20)31-2)32(29,30)27(21-10-5-3-6-11-21)19-24(28)25-14-9-17-26-15-7-4-8-16-26/h3,5-6,10-13,18H,4,7-9,14-17,19H2,1-2H3,(H,25,28). The Morgan fingerprint density at radius 1 is 1.09 bits per heavy atom. The van der Waals surface area contributed by atoms with Gasteiger partial charge in [0.25, 0.3) is 10.0 Å². The molecular formula is C24H33N3O4S. The molecule has 1 saturated heterocycles. The molecule has 174 valence electrons. The number of hydrogen-bond acceptors (Lipinski definition) is 5. The molecule has 2 aromatic carbocycles. The molecule has 0 radical (unpaired) electrons. The van der Waals surface area contributed by atoms with E-state index in [1.807, 2.05) is 6.07 Å². The Kier molecular flexibility index (Phi) is 8.53. The molecule has 3 rings (SSSR count). The van der Waals surface area contributed by atoms with Gasteiger partial charge in [0, 0.05) is 6.54 Å². The number of likely N-dealkylation sites (tertiary alicyclic amines) is 1. The molecule has 1 aliphatic heterocycles. The van der Waals surface area contributed by atoms with Gasteiger partial charge in [-0.25, -0.2) is 8.42 Å². The zero-order chi connectivity index (χ0) is 23.0. The van der Waals surface area contributed by atoms with E-state index in [1.165, 1.54) is 25.3 Å². The second-order valence-electron chi connectivity index (χ2n) is 8.08. The van der Waals surface area contributed by atoms with Crippen molar-refractivity contribution in [1.82, 2.24) is 10.2 Å². The molecular weight excluding hydrogens is 426 g/mol. The van der Waals surface area contributed by atoms with Crippen molar-refractivity contribution < 1.29 is 17.9 Å². The van der Waals surface area contributed by atoms with Crippen LogP contribution >= 0.6 is 0 Å². The third kappa shape index (κ3) is 6.23. The van der Waals surface area contributed by atoms with E-state index < -0.39 is 10.0 Å². The molecule has 0 aromatic heterocycles. The van der Waals surface area contributed by atoms with Gasteiger partial charge in [-0.15, -0.1) is 0 Å². The summed E-state index contributed by atoms with van der Waals surface area (Å²) in [6.45, 7) is 5.23. The van der Waals surface area contributed by atoms with E-state index in [9.17, 15) is 13.2 Å². The molecule has 1 amide bonds. The van der Waals surface area contributed by atoms with Crippen molar-refractivity contribution in [1.29, 1.82) is 0 Å². The minimum Gasteiger partial charge on any atom is -0.496 e. The van der Waals surface area contributed by atoms with Crippen molar-refractivity contribution in [3.63, 3.8) is 0 Å². The van der Waals surface area contributed by atoms with Gasteiger partial charge in [-0.3, -0.25) is 9.10 Å². The predicted octanol–water partition coefficient (Wildman–Crippen LogP) is 3.19. The Balaban J connectivity index is 1.69. The Morgan fingerprint density at radius 3 is 2.47 bits per heavy atom. The number of amides is 1. The minimum atomic E-state index is -3.94. The number of rotatable bonds is 10. The summed E-state index contributed by atoms with van der Waals surface area (Å²) in [6, 6.07) is 13.4. The van der Waals surface area contributed by atoms with Crippen molar-refractivity contribution >= 4 is 21.6 Å². The van der Waals surface area contributed by atoms with Gasteiger partial charge in [0.2, 0.25) is 5.91 Å². The molecule has 0 aliphatic carbocycles. The van der Waals surface area contributed by atoms with E-state index in [4.69, 9.17) is 4.74 Å². The van der Waals surface area contributed by atoms with Crippen molar-refractivity contribution in [3.8, 4) is 5.75 Å². The lowest BCUT2D eigenvalue weighted by atomic mass is 10.1. The zero-order valence-electron chi connectivity index (χ0n) is 18.9. The molecule has 32 heavy (non-hydrogen) atoms. The van der Waals surface area contributed by atoms with Gasteiger partial charge >= 0.3 is 0 Å². The number of carbonyl (C=O) groups is 1. The summed E-state index contributed by atoms with van der Waals surface area (Å²) in [6.07, 6.45) is 4.62. The number of piperidine rings is 1. The van der Waals surface area contributed by atoms with Crippen LogP contribution in [0.25, 0.3) is 0 Å².